The molecule has 4 heteroatoms. The first-order chi connectivity index (χ1) is 7.19. The highest BCUT2D eigenvalue weighted by molar-refractivity contribution is 5.80. The third-order valence-corrected chi connectivity index (χ3v) is 3.08. The molecule has 1 fully saturated rings. The summed E-state index contributed by atoms with van der Waals surface area (Å²) >= 11 is 0. The van der Waals surface area contributed by atoms with Crippen LogP contribution in [-0.4, -0.2) is 31.2 Å². The molecule has 0 aromatic carbocycles. The maximum Gasteiger partial charge on any atom is 0.249 e. The average molecular weight is 214 g/mol. The van der Waals surface area contributed by atoms with Crippen LogP contribution in [0.25, 0.3) is 0 Å². The lowest BCUT2D eigenvalue weighted by Gasteiger charge is -2.21. The van der Waals surface area contributed by atoms with E-state index < -0.39 is 0 Å². The zero-order valence-corrected chi connectivity index (χ0v) is 9.66. The van der Waals surface area contributed by atoms with E-state index in [2.05, 4.69) is 5.32 Å². The molecular formula is C11H22N2O2. The minimum absolute atomic E-state index is 0.0119. The monoisotopic (exact) mass is 214 g/mol. The number of carbonyl (C=O) groups is 1. The molecule has 0 radical (unpaired) electrons. The van der Waals surface area contributed by atoms with E-state index in [0.29, 0.717) is 19.1 Å². The molecule has 1 aliphatic carbocycles. The van der Waals surface area contributed by atoms with Crippen LogP contribution in [0.2, 0.25) is 0 Å². The van der Waals surface area contributed by atoms with Crippen LogP contribution >= 0.6 is 0 Å². The number of hydrogen-bond donors (Lipinski definition) is 2. The summed E-state index contributed by atoms with van der Waals surface area (Å²) in [6, 6.07) is 0.255. The largest absolute Gasteiger partial charge is 0.369 e. The molecule has 3 N–H and O–H groups in total. The Morgan fingerprint density at radius 2 is 2.33 bits per heavy atom. The molecule has 0 saturated heterocycles. The maximum absolute atomic E-state index is 11.7. The number of carbonyl (C=O) groups excluding carboxylic acids is 1. The lowest BCUT2D eigenvalue weighted by Crippen LogP contribution is -2.44. The fourth-order valence-electron chi connectivity index (χ4n) is 2.13. The van der Waals surface area contributed by atoms with E-state index in [9.17, 15) is 4.79 Å². The minimum Gasteiger partial charge on any atom is -0.369 e. The van der Waals surface area contributed by atoms with Crippen LogP contribution in [0.15, 0.2) is 0 Å². The molecular weight excluding hydrogens is 192 g/mol. The second kappa shape index (κ2) is 6.08. The fourth-order valence-corrected chi connectivity index (χ4v) is 2.13. The van der Waals surface area contributed by atoms with Crippen LogP contribution in [0.5, 0.6) is 0 Å². The Hall–Kier alpha value is -0.610. The summed E-state index contributed by atoms with van der Waals surface area (Å²) in [5.74, 6) is 0.435. The van der Waals surface area contributed by atoms with Crippen LogP contribution in [0, 0.1) is 5.92 Å². The lowest BCUT2D eigenvalue weighted by atomic mass is 10.0. The van der Waals surface area contributed by atoms with Crippen LogP contribution in [0.4, 0.5) is 0 Å². The van der Waals surface area contributed by atoms with Gasteiger partial charge in [-0.25, -0.2) is 0 Å². The molecule has 3 unspecified atom stereocenters. The van der Waals surface area contributed by atoms with Crippen molar-refractivity contribution in [1.29, 1.82) is 0 Å². The zero-order chi connectivity index (χ0) is 11.3. The van der Waals surface area contributed by atoms with Crippen LogP contribution in [-0.2, 0) is 9.53 Å². The third-order valence-electron chi connectivity index (χ3n) is 3.08. The second-order valence-electron chi connectivity index (χ2n) is 4.14. The van der Waals surface area contributed by atoms with Crippen LogP contribution < -0.4 is 11.1 Å². The Kier molecular flexibility index (Phi) is 5.05. The van der Waals surface area contributed by atoms with Crippen molar-refractivity contribution in [2.75, 3.05) is 13.2 Å². The Morgan fingerprint density at radius 3 is 2.93 bits per heavy atom. The Bertz CT molecular complexity index is 209. The molecule has 0 aliphatic heterocycles. The van der Waals surface area contributed by atoms with Crippen molar-refractivity contribution >= 4 is 5.91 Å². The van der Waals surface area contributed by atoms with Gasteiger partial charge in [-0.15, -0.1) is 0 Å². The molecule has 1 aliphatic rings. The minimum atomic E-state index is -0.353. The molecule has 0 heterocycles. The fraction of sp³-hybridized carbons (Fsp3) is 0.909. The number of nitrogens with one attached hydrogen (secondary N) is 1. The van der Waals surface area contributed by atoms with Crippen molar-refractivity contribution in [2.24, 2.45) is 11.7 Å². The normalized spacial score (nSPS) is 27.7. The van der Waals surface area contributed by atoms with E-state index in [-0.39, 0.29) is 18.1 Å². The molecule has 0 aromatic rings. The van der Waals surface area contributed by atoms with Gasteiger partial charge in [-0.1, -0.05) is 6.42 Å². The SMILES string of the molecule is CCOC(C)C(=O)NC1CCCC1CN. The van der Waals surface area contributed by atoms with Crippen molar-refractivity contribution in [3.05, 3.63) is 0 Å². The van der Waals surface area contributed by atoms with E-state index >= 15 is 0 Å². The van der Waals surface area contributed by atoms with Gasteiger partial charge in [0, 0.05) is 12.6 Å². The maximum atomic E-state index is 11.7. The molecule has 4 nitrogen and oxygen atoms in total. The van der Waals surface area contributed by atoms with Crippen molar-refractivity contribution < 1.29 is 9.53 Å². The van der Waals surface area contributed by atoms with Crippen molar-refractivity contribution in [3.63, 3.8) is 0 Å². The van der Waals surface area contributed by atoms with Gasteiger partial charge in [0.25, 0.3) is 0 Å². The summed E-state index contributed by atoms with van der Waals surface area (Å²) in [7, 11) is 0. The van der Waals surface area contributed by atoms with E-state index in [1.165, 1.54) is 0 Å². The number of amides is 1. The number of hydrogen-bond acceptors (Lipinski definition) is 3. The molecule has 0 spiro atoms. The van der Waals surface area contributed by atoms with Crippen LogP contribution in [0.1, 0.15) is 33.1 Å². The van der Waals surface area contributed by atoms with Crippen LogP contribution in [0.3, 0.4) is 0 Å². The van der Waals surface area contributed by atoms with Gasteiger partial charge in [-0.2, -0.15) is 0 Å². The average Bonchev–Trinajstić information content (AvgIpc) is 2.65. The van der Waals surface area contributed by atoms with Gasteiger partial charge in [0.15, 0.2) is 0 Å². The third kappa shape index (κ3) is 3.47. The standard InChI is InChI=1S/C11H22N2O2/c1-3-15-8(2)11(14)13-10-6-4-5-9(10)7-12/h8-10H,3-7,12H2,1-2H3,(H,13,14). The highest BCUT2D eigenvalue weighted by atomic mass is 16.5. The van der Waals surface area contributed by atoms with Crippen molar-refractivity contribution in [1.82, 2.24) is 5.32 Å². The molecule has 0 aromatic heterocycles. The molecule has 1 saturated carbocycles. The van der Waals surface area contributed by atoms with Crippen molar-refractivity contribution in [3.8, 4) is 0 Å². The van der Waals surface area contributed by atoms with E-state index in [1.807, 2.05) is 6.92 Å². The summed E-state index contributed by atoms with van der Waals surface area (Å²) < 4.78 is 5.24. The van der Waals surface area contributed by atoms with E-state index in [1.54, 1.807) is 6.92 Å². The highest BCUT2D eigenvalue weighted by Gasteiger charge is 2.28. The first-order valence-corrected chi connectivity index (χ1v) is 5.81. The summed E-state index contributed by atoms with van der Waals surface area (Å²) in [5, 5.41) is 3.02. The lowest BCUT2D eigenvalue weighted by molar-refractivity contribution is -0.132. The molecule has 88 valence electrons. The predicted octanol–water partition coefficient (Wildman–Crippen LogP) is 0.655. The number of rotatable bonds is 5. The summed E-state index contributed by atoms with van der Waals surface area (Å²) in [5.41, 5.74) is 5.65. The summed E-state index contributed by atoms with van der Waals surface area (Å²) in [6.07, 6.45) is 2.99. The van der Waals surface area contributed by atoms with Gasteiger partial charge >= 0.3 is 0 Å². The van der Waals surface area contributed by atoms with Gasteiger partial charge in [0.05, 0.1) is 0 Å². The molecule has 1 amide bonds. The molecule has 0 bridgehead atoms. The molecule has 15 heavy (non-hydrogen) atoms. The Labute approximate surface area is 91.5 Å². The molecule has 3 atom stereocenters. The first-order valence-electron chi connectivity index (χ1n) is 5.81. The number of nitrogens with two attached hydrogens (primary N) is 1. The van der Waals surface area contributed by atoms with E-state index in [0.717, 1.165) is 19.3 Å². The van der Waals surface area contributed by atoms with Gasteiger partial charge < -0.3 is 15.8 Å². The zero-order valence-electron chi connectivity index (χ0n) is 9.66. The van der Waals surface area contributed by atoms with Gasteiger partial charge in [-0.3, -0.25) is 4.79 Å². The predicted molar refractivity (Wildman–Crippen MR) is 59.4 cm³/mol. The smallest absolute Gasteiger partial charge is 0.249 e. The second-order valence-corrected chi connectivity index (χ2v) is 4.14. The first kappa shape index (κ1) is 12.5. The highest BCUT2D eigenvalue weighted by Crippen LogP contribution is 2.24. The Morgan fingerprint density at radius 1 is 1.60 bits per heavy atom. The Balaban J connectivity index is 2.36. The van der Waals surface area contributed by atoms with E-state index in [4.69, 9.17) is 10.5 Å². The van der Waals surface area contributed by atoms with Gasteiger partial charge in [0.1, 0.15) is 6.10 Å². The van der Waals surface area contributed by atoms with Gasteiger partial charge in [0.2, 0.25) is 5.91 Å². The quantitative estimate of drug-likeness (QED) is 0.706. The molecule has 1 rings (SSSR count). The topological polar surface area (TPSA) is 64.3 Å². The summed E-state index contributed by atoms with van der Waals surface area (Å²) in [4.78, 5) is 11.7. The number of ether oxygens (including phenoxy) is 1. The van der Waals surface area contributed by atoms with Crippen molar-refractivity contribution in [2.45, 2.75) is 45.3 Å². The summed E-state index contributed by atoms with van der Waals surface area (Å²) in [6.45, 7) is 4.90. The van der Waals surface area contributed by atoms with Gasteiger partial charge in [-0.05, 0) is 39.2 Å².